The van der Waals surface area contributed by atoms with Gasteiger partial charge in [-0.1, -0.05) is 13.8 Å². The summed E-state index contributed by atoms with van der Waals surface area (Å²) in [6.07, 6.45) is 0. The van der Waals surface area contributed by atoms with E-state index in [1.807, 2.05) is 0 Å². The summed E-state index contributed by atoms with van der Waals surface area (Å²) < 4.78 is 5.31. The van der Waals surface area contributed by atoms with E-state index in [4.69, 9.17) is 4.74 Å². The summed E-state index contributed by atoms with van der Waals surface area (Å²) >= 11 is 0. The highest BCUT2D eigenvalue weighted by Crippen LogP contribution is 1.91. The molecule has 1 atom stereocenters. The van der Waals surface area contributed by atoms with E-state index in [1.165, 1.54) is 0 Å². The quantitative estimate of drug-likeness (QED) is 0.605. The van der Waals surface area contributed by atoms with Gasteiger partial charge in [-0.2, -0.15) is 0 Å². The molecule has 66 valence electrons. The second-order valence-corrected chi connectivity index (χ2v) is 3.29. The second-order valence-electron chi connectivity index (χ2n) is 3.29. The van der Waals surface area contributed by atoms with Gasteiger partial charge in [-0.3, -0.25) is 0 Å². The maximum atomic E-state index is 5.31. The van der Waals surface area contributed by atoms with E-state index in [0.717, 1.165) is 26.3 Å². The highest BCUT2D eigenvalue weighted by molar-refractivity contribution is 4.73. The molecule has 2 N–H and O–H groups in total. The van der Waals surface area contributed by atoms with Crippen LogP contribution in [0.4, 0.5) is 0 Å². The lowest BCUT2D eigenvalue weighted by atomic mass is 10.2. The summed E-state index contributed by atoms with van der Waals surface area (Å²) in [7, 11) is 0. The van der Waals surface area contributed by atoms with Gasteiger partial charge in [0.1, 0.15) is 0 Å². The van der Waals surface area contributed by atoms with Gasteiger partial charge in [-0.25, -0.2) is 0 Å². The highest BCUT2D eigenvalue weighted by atomic mass is 16.5. The van der Waals surface area contributed by atoms with Crippen LogP contribution in [-0.4, -0.2) is 38.4 Å². The van der Waals surface area contributed by atoms with Crippen LogP contribution >= 0.6 is 0 Å². The van der Waals surface area contributed by atoms with E-state index in [1.54, 1.807) is 0 Å². The first-order valence-corrected chi connectivity index (χ1v) is 4.33. The Kier molecular flexibility index (Phi) is 3.83. The number of morpholine rings is 1. The van der Waals surface area contributed by atoms with E-state index in [2.05, 4.69) is 24.5 Å². The molecule has 0 bridgehead atoms. The summed E-state index contributed by atoms with van der Waals surface area (Å²) in [4.78, 5) is 0. The maximum Gasteiger partial charge on any atom is 0.0632 e. The molecule has 11 heavy (non-hydrogen) atoms. The monoisotopic (exact) mass is 158 g/mol. The van der Waals surface area contributed by atoms with Crippen LogP contribution < -0.4 is 10.6 Å². The predicted molar refractivity (Wildman–Crippen MR) is 45.7 cm³/mol. The molecule has 1 aliphatic heterocycles. The average Bonchev–Trinajstić information content (AvgIpc) is 2.03. The van der Waals surface area contributed by atoms with Crippen LogP contribution in [0.2, 0.25) is 0 Å². The molecule has 0 aromatic carbocycles. The van der Waals surface area contributed by atoms with Crippen molar-refractivity contribution in [3.8, 4) is 0 Å². The van der Waals surface area contributed by atoms with Crippen molar-refractivity contribution in [2.24, 2.45) is 0 Å². The number of hydrogen-bond acceptors (Lipinski definition) is 3. The van der Waals surface area contributed by atoms with E-state index in [0.29, 0.717) is 12.1 Å². The Morgan fingerprint density at radius 1 is 1.64 bits per heavy atom. The van der Waals surface area contributed by atoms with E-state index in [-0.39, 0.29) is 0 Å². The van der Waals surface area contributed by atoms with Crippen LogP contribution in [0.25, 0.3) is 0 Å². The van der Waals surface area contributed by atoms with Crippen molar-refractivity contribution >= 4 is 0 Å². The van der Waals surface area contributed by atoms with Crippen molar-refractivity contribution in [3.05, 3.63) is 0 Å². The zero-order valence-corrected chi connectivity index (χ0v) is 7.39. The predicted octanol–water partition coefficient (Wildman–Crippen LogP) is -0.0272. The van der Waals surface area contributed by atoms with Gasteiger partial charge >= 0.3 is 0 Å². The summed E-state index contributed by atoms with van der Waals surface area (Å²) in [6, 6.07) is 1.07. The van der Waals surface area contributed by atoms with Gasteiger partial charge in [0.05, 0.1) is 13.2 Å². The third-order valence-corrected chi connectivity index (χ3v) is 1.77. The minimum Gasteiger partial charge on any atom is -0.378 e. The van der Waals surface area contributed by atoms with E-state index >= 15 is 0 Å². The third kappa shape index (κ3) is 3.70. The van der Waals surface area contributed by atoms with Crippen molar-refractivity contribution in [1.82, 2.24) is 10.6 Å². The maximum absolute atomic E-state index is 5.31. The summed E-state index contributed by atoms with van der Waals surface area (Å²) in [5.41, 5.74) is 0. The standard InChI is InChI=1S/C8H18N2O/c1-7(2)10-5-8-6-11-4-3-9-8/h7-10H,3-6H2,1-2H3/t8-/m1/s1. The molecule has 0 aliphatic carbocycles. The van der Waals surface area contributed by atoms with Crippen LogP contribution in [-0.2, 0) is 4.74 Å². The van der Waals surface area contributed by atoms with Crippen molar-refractivity contribution in [2.45, 2.75) is 25.9 Å². The van der Waals surface area contributed by atoms with Crippen molar-refractivity contribution in [3.63, 3.8) is 0 Å². The minimum atomic E-state index is 0.506. The van der Waals surface area contributed by atoms with Crippen molar-refractivity contribution in [1.29, 1.82) is 0 Å². The van der Waals surface area contributed by atoms with Gasteiger partial charge in [-0.15, -0.1) is 0 Å². The Morgan fingerprint density at radius 3 is 3.00 bits per heavy atom. The molecule has 0 radical (unpaired) electrons. The van der Waals surface area contributed by atoms with Gasteiger partial charge in [0.15, 0.2) is 0 Å². The van der Waals surface area contributed by atoms with Gasteiger partial charge in [0.25, 0.3) is 0 Å². The van der Waals surface area contributed by atoms with Crippen LogP contribution in [0.15, 0.2) is 0 Å². The van der Waals surface area contributed by atoms with Crippen LogP contribution in [0.5, 0.6) is 0 Å². The molecule has 1 heterocycles. The molecule has 0 saturated carbocycles. The van der Waals surface area contributed by atoms with Gasteiger partial charge in [-0.05, 0) is 0 Å². The molecule has 1 fully saturated rings. The summed E-state index contributed by atoms with van der Waals surface area (Å²) in [5.74, 6) is 0. The molecule has 0 spiro atoms. The molecule has 0 unspecified atom stereocenters. The van der Waals surface area contributed by atoms with Gasteiger partial charge < -0.3 is 15.4 Å². The first-order chi connectivity index (χ1) is 5.29. The molecule has 1 aliphatic rings. The zero-order valence-electron chi connectivity index (χ0n) is 7.39. The molecule has 1 rings (SSSR count). The Morgan fingerprint density at radius 2 is 2.45 bits per heavy atom. The molecule has 3 heteroatoms. The van der Waals surface area contributed by atoms with Gasteiger partial charge in [0, 0.05) is 25.2 Å². The molecule has 0 amide bonds. The van der Waals surface area contributed by atoms with E-state index < -0.39 is 0 Å². The third-order valence-electron chi connectivity index (χ3n) is 1.77. The fourth-order valence-electron chi connectivity index (χ4n) is 1.13. The average molecular weight is 158 g/mol. The van der Waals surface area contributed by atoms with E-state index in [9.17, 15) is 0 Å². The molecule has 3 nitrogen and oxygen atoms in total. The lowest BCUT2D eigenvalue weighted by Gasteiger charge is -2.24. The largest absolute Gasteiger partial charge is 0.378 e. The van der Waals surface area contributed by atoms with Crippen LogP contribution in [0.3, 0.4) is 0 Å². The Labute approximate surface area is 68.5 Å². The Balaban J connectivity index is 2.05. The topological polar surface area (TPSA) is 33.3 Å². The lowest BCUT2D eigenvalue weighted by molar-refractivity contribution is 0.0761. The lowest BCUT2D eigenvalue weighted by Crippen LogP contribution is -2.48. The summed E-state index contributed by atoms with van der Waals surface area (Å²) in [6.45, 7) is 8.02. The molecular formula is C8H18N2O. The Hall–Kier alpha value is -0.120. The normalized spacial score (nSPS) is 25.9. The fraction of sp³-hybridized carbons (Fsp3) is 1.00. The number of hydrogen-bond donors (Lipinski definition) is 2. The molecular weight excluding hydrogens is 140 g/mol. The Bertz CT molecular complexity index is 100. The zero-order chi connectivity index (χ0) is 8.10. The summed E-state index contributed by atoms with van der Waals surface area (Å²) in [5, 5.41) is 6.76. The first-order valence-electron chi connectivity index (χ1n) is 4.33. The van der Waals surface area contributed by atoms with Gasteiger partial charge in [0.2, 0.25) is 0 Å². The fourth-order valence-corrected chi connectivity index (χ4v) is 1.13. The first kappa shape index (κ1) is 8.97. The number of ether oxygens (including phenoxy) is 1. The van der Waals surface area contributed by atoms with Crippen molar-refractivity contribution < 1.29 is 4.74 Å². The second kappa shape index (κ2) is 4.70. The SMILES string of the molecule is CC(C)NC[C@@H]1COCCN1. The number of nitrogens with one attached hydrogen (secondary N) is 2. The van der Waals surface area contributed by atoms with Crippen LogP contribution in [0, 0.1) is 0 Å². The number of rotatable bonds is 3. The minimum absolute atomic E-state index is 0.506. The van der Waals surface area contributed by atoms with Crippen molar-refractivity contribution in [2.75, 3.05) is 26.3 Å². The molecule has 1 saturated heterocycles. The highest BCUT2D eigenvalue weighted by Gasteiger charge is 2.11. The smallest absolute Gasteiger partial charge is 0.0632 e. The van der Waals surface area contributed by atoms with Crippen LogP contribution in [0.1, 0.15) is 13.8 Å². The molecule has 0 aromatic rings. The molecule has 0 aromatic heterocycles.